The molecule has 134 valence electrons. The Labute approximate surface area is 147 Å². The fraction of sp³-hybridized carbons (Fsp3) is 0.714. The zero-order valence-corrected chi connectivity index (χ0v) is 16.0. The fourth-order valence-corrected chi connectivity index (χ4v) is 4.55. The molecular weight excluding hydrogens is 298 g/mol. The molecule has 0 spiro atoms. The van der Waals surface area contributed by atoms with Crippen LogP contribution in [0.2, 0.25) is 0 Å². The van der Waals surface area contributed by atoms with Crippen molar-refractivity contribution in [1.82, 2.24) is 4.90 Å². The van der Waals surface area contributed by atoms with Crippen molar-refractivity contribution >= 4 is 0 Å². The lowest BCUT2D eigenvalue weighted by Crippen LogP contribution is -2.43. The van der Waals surface area contributed by atoms with Crippen molar-refractivity contribution in [3.8, 4) is 11.5 Å². The second kappa shape index (κ2) is 6.95. The van der Waals surface area contributed by atoms with Gasteiger partial charge in [-0.15, -0.1) is 0 Å². The predicted molar refractivity (Wildman–Crippen MR) is 99.0 cm³/mol. The quantitative estimate of drug-likeness (QED) is 0.770. The first-order valence-corrected chi connectivity index (χ1v) is 9.46. The summed E-state index contributed by atoms with van der Waals surface area (Å²) in [7, 11) is 3.45. The molecule has 2 aliphatic heterocycles. The Hall–Kier alpha value is -1.22. The van der Waals surface area contributed by atoms with Crippen LogP contribution in [0.5, 0.6) is 11.5 Å². The summed E-state index contributed by atoms with van der Waals surface area (Å²) < 4.78 is 11.0. The maximum absolute atomic E-state index is 5.54. The van der Waals surface area contributed by atoms with Crippen LogP contribution in [-0.2, 0) is 6.42 Å². The molecule has 0 aliphatic carbocycles. The van der Waals surface area contributed by atoms with Crippen LogP contribution in [0, 0.1) is 11.3 Å². The van der Waals surface area contributed by atoms with E-state index in [1.54, 1.807) is 14.2 Å². The van der Waals surface area contributed by atoms with E-state index in [0.29, 0.717) is 11.5 Å². The Morgan fingerprint density at radius 1 is 1.12 bits per heavy atom. The topological polar surface area (TPSA) is 21.7 Å². The molecule has 1 saturated heterocycles. The smallest absolute Gasteiger partial charge is 0.161 e. The van der Waals surface area contributed by atoms with E-state index in [9.17, 15) is 0 Å². The van der Waals surface area contributed by atoms with Crippen molar-refractivity contribution in [3.63, 3.8) is 0 Å². The maximum Gasteiger partial charge on any atom is 0.161 e. The van der Waals surface area contributed by atoms with Crippen molar-refractivity contribution < 1.29 is 9.47 Å². The number of methoxy groups -OCH3 is 2. The van der Waals surface area contributed by atoms with E-state index in [1.165, 1.54) is 49.9 Å². The molecule has 0 aromatic heterocycles. The largest absolute Gasteiger partial charge is 0.493 e. The number of hydrogen-bond donors (Lipinski definition) is 0. The highest BCUT2D eigenvalue weighted by molar-refractivity contribution is 5.49. The van der Waals surface area contributed by atoms with Gasteiger partial charge in [-0.25, -0.2) is 0 Å². The minimum atomic E-state index is 0.474. The molecule has 2 heterocycles. The Kier molecular flexibility index (Phi) is 5.10. The van der Waals surface area contributed by atoms with Crippen LogP contribution in [0.15, 0.2) is 12.1 Å². The first kappa shape index (κ1) is 17.6. The minimum absolute atomic E-state index is 0.474. The molecule has 1 aromatic rings. The first-order chi connectivity index (χ1) is 11.5. The summed E-state index contributed by atoms with van der Waals surface area (Å²) in [5.41, 5.74) is 3.38. The van der Waals surface area contributed by atoms with Gasteiger partial charge in [-0.1, -0.05) is 27.2 Å². The van der Waals surface area contributed by atoms with Gasteiger partial charge in [0.1, 0.15) is 0 Å². The Morgan fingerprint density at radius 3 is 2.50 bits per heavy atom. The van der Waals surface area contributed by atoms with Gasteiger partial charge >= 0.3 is 0 Å². The molecule has 0 amide bonds. The van der Waals surface area contributed by atoms with Gasteiger partial charge in [0.25, 0.3) is 0 Å². The second-order valence-corrected chi connectivity index (χ2v) is 8.33. The molecule has 3 nitrogen and oxygen atoms in total. The normalized spacial score (nSPS) is 24.2. The number of fused-ring (bicyclic) bond motifs is 3. The summed E-state index contributed by atoms with van der Waals surface area (Å²) in [6.07, 6.45) is 6.36. The first-order valence-electron chi connectivity index (χ1n) is 9.46. The molecule has 0 bridgehead atoms. The summed E-state index contributed by atoms with van der Waals surface area (Å²) in [5, 5.41) is 0. The third-order valence-electron chi connectivity index (χ3n) is 6.25. The summed E-state index contributed by atoms with van der Waals surface area (Å²) in [5.74, 6) is 2.58. The minimum Gasteiger partial charge on any atom is -0.493 e. The summed E-state index contributed by atoms with van der Waals surface area (Å²) in [4.78, 5) is 2.72. The lowest BCUT2D eigenvalue weighted by molar-refractivity contribution is 0.0757. The third kappa shape index (κ3) is 3.42. The number of ether oxygens (including phenoxy) is 2. The van der Waals surface area contributed by atoms with E-state index < -0.39 is 0 Å². The molecule has 0 N–H and O–H groups in total. The number of piperidine rings is 1. The van der Waals surface area contributed by atoms with Crippen LogP contribution >= 0.6 is 0 Å². The Bertz CT molecular complexity index is 581. The Morgan fingerprint density at radius 2 is 1.83 bits per heavy atom. The highest BCUT2D eigenvalue weighted by atomic mass is 16.5. The van der Waals surface area contributed by atoms with Gasteiger partial charge in [-0.2, -0.15) is 0 Å². The SMILES string of the molecule is CCC(C)(C)CC1CCC2c3cc(OC)c(OC)cc3CCN2C1. The summed E-state index contributed by atoms with van der Waals surface area (Å²) in [6, 6.07) is 4.98. The highest BCUT2D eigenvalue weighted by Gasteiger charge is 2.35. The van der Waals surface area contributed by atoms with Gasteiger partial charge in [0.15, 0.2) is 11.5 Å². The van der Waals surface area contributed by atoms with E-state index in [4.69, 9.17) is 9.47 Å². The van der Waals surface area contributed by atoms with Crippen molar-refractivity contribution in [2.24, 2.45) is 11.3 Å². The van der Waals surface area contributed by atoms with Crippen molar-refractivity contribution in [1.29, 1.82) is 0 Å². The highest BCUT2D eigenvalue weighted by Crippen LogP contribution is 2.44. The molecule has 0 radical (unpaired) electrons. The fourth-order valence-electron chi connectivity index (χ4n) is 4.55. The van der Waals surface area contributed by atoms with E-state index in [0.717, 1.165) is 23.8 Å². The van der Waals surface area contributed by atoms with E-state index >= 15 is 0 Å². The molecule has 3 heteroatoms. The zero-order chi connectivity index (χ0) is 17.3. The molecule has 24 heavy (non-hydrogen) atoms. The van der Waals surface area contributed by atoms with Crippen LogP contribution in [0.3, 0.4) is 0 Å². The van der Waals surface area contributed by atoms with E-state index in [-0.39, 0.29) is 0 Å². The molecule has 1 aromatic carbocycles. The molecule has 2 aliphatic rings. The number of benzene rings is 1. The zero-order valence-electron chi connectivity index (χ0n) is 16.0. The van der Waals surface area contributed by atoms with Crippen LogP contribution in [0.4, 0.5) is 0 Å². The standard InChI is InChI=1S/C21H33NO2/c1-6-21(2,3)13-15-7-8-18-17-12-20(24-5)19(23-4)11-16(17)9-10-22(18)14-15/h11-12,15,18H,6-10,13-14H2,1-5H3. The number of nitrogens with zero attached hydrogens (tertiary/aromatic N) is 1. The average molecular weight is 332 g/mol. The molecule has 2 unspecified atom stereocenters. The average Bonchev–Trinajstić information content (AvgIpc) is 2.59. The molecule has 3 rings (SSSR count). The van der Waals surface area contributed by atoms with Gasteiger partial charge in [0.2, 0.25) is 0 Å². The van der Waals surface area contributed by atoms with Crippen molar-refractivity contribution in [2.75, 3.05) is 27.3 Å². The van der Waals surface area contributed by atoms with E-state index in [1.807, 2.05) is 0 Å². The Balaban J connectivity index is 1.78. The lowest BCUT2D eigenvalue weighted by atomic mass is 9.75. The lowest BCUT2D eigenvalue weighted by Gasteiger charge is -2.45. The predicted octanol–water partition coefficient (Wildman–Crippen LogP) is 4.84. The molecule has 1 fully saturated rings. The van der Waals surface area contributed by atoms with Gasteiger partial charge < -0.3 is 9.47 Å². The number of hydrogen-bond acceptors (Lipinski definition) is 3. The molecule has 0 saturated carbocycles. The van der Waals surface area contributed by atoms with Crippen molar-refractivity contribution in [3.05, 3.63) is 23.3 Å². The van der Waals surface area contributed by atoms with Gasteiger partial charge in [-0.3, -0.25) is 4.90 Å². The molecular formula is C21H33NO2. The van der Waals surface area contributed by atoms with Gasteiger partial charge in [-0.05, 0) is 60.3 Å². The number of rotatable bonds is 5. The second-order valence-electron chi connectivity index (χ2n) is 8.33. The monoisotopic (exact) mass is 331 g/mol. The van der Waals surface area contributed by atoms with Gasteiger partial charge in [0, 0.05) is 19.1 Å². The summed E-state index contributed by atoms with van der Waals surface area (Å²) in [6.45, 7) is 9.59. The third-order valence-corrected chi connectivity index (χ3v) is 6.25. The van der Waals surface area contributed by atoms with Crippen molar-refractivity contribution in [2.45, 2.75) is 58.9 Å². The van der Waals surface area contributed by atoms with Gasteiger partial charge in [0.05, 0.1) is 14.2 Å². The summed E-state index contributed by atoms with van der Waals surface area (Å²) >= 11 is 0. The van der Waals surface area contributed by atoms with Crippen LogP contribution in [0.25, 0.3) is 0 Å². The van der Waals surface area contributed by atoms with Crippen LogP contribution in [0.1, 0.15) is 63.6 Å². The molecule has 2 atom stereocenters. The maximum atomic E-state index is 5.54. The van der Waals surface area contributed by atoms with Crippen LogP contribution in [-0.4, -0.2) is 32.2 Å². The van der Waals surface area contributed by atoms with Crippen LogP contribution < -0.4 is 9.47 Å². The van der Waals surface area contributed by atoms with E-state index in [2.05, 4.69) is 37.8 Å².